The molecule has 10 rings (SSSR count). The van der Waals surface area contributed by atoms with Crippen molar-refractivity contribution in [2.75, 3.05) is 0 Å². The third-order valence-electron chi connectivity index (χ3n) is 9.73. The minimum absolute atomic E-state index is 0.620. The first kappa shape index (κ1) is 31.3. The SMILES string of the molecule is c1ccc(-c2nc(-c3ccccc3)nc(-c3ccc4ccc5ccc6ccc(-c7nc(-c8ccccc8)nc(-c8ccccc8)n7)cc6c5c4c3)n2)cc1. The maximum absolute atomic E-state index is 5.02. The molecule has 8 aromatic carbocycles. The van der Waals surface area contributed by atoms with Gasteiger partial charge in [-0.1, -0.05) is 170 Å². The Morgan fingerprint density at radius 1 is 0.222 bits per heavy atom. The van der Waals surface area contributed by atoms with Crippen LogP contribution >= 0.6 is 0 Å². The second-order valence-electron chi connectivity index (χ2n) is 13.2. The molecule has 0 atom stereocenters. The van der Waals surface area contributed by atoms with E-state index in [-0.39, 0.29) is 0 Å². The zero-order valence-corrected chi connectivity index (χ0v) is 29.0. The number of benzene rings is 8. The number of aromatic nitrogens is 6. The van der Waals surface area contributed by atoms with Crippen LogP contribution in [-0.4, -0.2) is 29.9 Å². The average molecular weight is 691 g/mol. The molecule has 6 heteroatoms. The van der Waals surface area contributed by atoms with E-state index < -0.39 is 0 Å². The van der Waals surface area contributed by atoms with Gasteiger partial charge in [0.2, 0.25) is 0 Å². The zero-order chi connectivity index (χ0) is 35.8. The van der Waals surface area contributed by atoms with E-state index in [1.54, 1.807) is 0 Å². The second-order valence-corrected chi connectivity index (χ2v) is 13.2. The van der Waals surface area contributed by atoms with Crippen molar-refractivity contribution in [2.24, 2.45) is 0 Å². The number of hydrogen-bond acceptors (Lipinski definition) is 6. The van der Waals surface area contributed by atoms with E-state index >= 15 is 0 Å². The van der Waals surface area contributed by atoms with E-state index in [0.717, 1.165) is 65.7 Å². The van der Waals surface area contributed by atoms with Gasteiger partial charge in [0.1, 0.15) is 0 Å². The van der Waals surface area contributed by atoms with Gasteiger partial charge in [-0.15, -0.1) is 0 Å². The average Bonchev–Trinajstić information content (AvgIpc) is 3.26. The molecule has 252 valence electrons. The topological polar surface area (TPSA) is 77.3 Å². The molecule has 0 aliphatic heterocycles. The van der Waals surface area contributed by atoms with Crippen molar-refractivity contribution in [1.29, 1.82) is 0 Å². The van der Waals surface area contributed by atoms with Gasteiger partial charge in [0.15, 0.2) is 34.9 Å². The van der Waals surface area contributed by atoms with Crippen molar-refractivity contribution in [3.63, 3.8) is 0 Å². The highest BCUT2D eigenvalue weighted by atomic mass is 15.0. The van der Waals surface area contributed by atoms with Crippen LogP contribution in [0.25, 0.3) is 101 Å². The molecule has 0 bridgehead atoms. The van der Waals surface area contributed by atoms with Crippen molar-refractivity contribution in [3.05, 3.63) is 182 Å². The van der Waals surface area contributed by atoms with Crippen LogP contribution in [0.2, 0.25) is 0 Å². The molecule has 0 amide bonds. The molecule has 0 N–H and O–H groups in total. The maximum atomic E-state index is 5.02. The summed E-state index contributed by atoms with van der Waals surface area (Å²) in [6, 6.07) is 62.0. The summed E-state index contributed by atoms with van der Waals surface area (Å²) in [5.41, 5.74) is 5.58. The van der Waals surface area contributed by atoms with Crippen LogP contribution in [0.5, 0.6) is 0 Å². The van der Waals surface area contributed by atoms with Crippen LogP contribution in [0.15, 0.2) is 182 Å². The Bertz CT molecular complexity index is 2650. The summed E-state index contributed by atoms with van der Waals surface area (Å²) in [5.74, 6) is 3.78. The number of rotatable bonds is 6. The fraction of sp³-hybridized carbons (Fsp3) is 0. The number of nitrogens with zero attached hydrogens (tertiary/aromatic N) is 6. The smallest absolute Gasteiger partial charge is 0.164 e. The minimum Gasteiger partial charge on any atom is -0.208 e. The van der Waals surface area contributed by atoms with Crippen LogP contribution in [0, 0.1) is 0 Å². The van der Waals surface area contributed by atoms with E-state index in [1.165, 1.54) is 0 Å². The van der Waals surface area contributed by atoms with Gasteiger partial charge >= 0.3 is 0 Å². The van der Waals surface area contributed by atoms with Crippen LogP contribution in [0.3, 0.4) is 0 Å². The molecule has 0 spiro atoms. The predicted octanol–water partition coefficient (Wildman–Crippen LogP) is 11.5. The molecule has 54 heavy (non-hydrogen) atoms. The Hall–Kier alpha value is -7.44. The number of hydrogen-bond donors (Lipinski definition) is 0. The highest BCUT2D eigenvalue weighted by Crippen LogP contribution is 2.37. The van der Waals surface area contributed by atoms with Crippen molar-refractivity contribution in [2.45, 2.75) is 0 Å². The third kappa shape index (κ3) is 5.82. The summed E-state index contributed by atoms with van der Waals surface area (Å²) >= 11 is 0. The van der Waals surface area contributed by atoms with Crippen LogP contribution < -0.4 is 0 Å². The van der Waals surface area contributed by atoms with Gasteiger partial charge in [-0.25, -0.2) is 29.9 Å². The lowest BCUT2D eigenvalue weighted by atomic mass is 9.94. The van der Waals surface area contributed by atoms with Crippen molar-refractivity contribution < 1.29 is 0 Å². The van der Waals surface area contributed by atoms with Crippen LogP contribution in [-0.2, 0) is 0 Å². The zero-order valence-electron chi connectivity index (χ0n) is 29.0. The lowest BCUT2D eigenvalue weighted by Gasteiger charge is -2.12. The third-order valence-corrected chi connectivity index (χ3v) is 9.73. The monoisotopic (exact) mass is 690 g/mol. The molecule has 0 saturated heterocycles. The molecule has 0 aliphatic rings. The number of fused-ring (bicyclic) bond motifs is 5. The molecule has 0 aliphatic carbocycles. The first-order valence-electron chi connectivity index (χ1n) is 17.9. The fourth-order valence-corrected chi connectivity index (χ4v) is 7.03. The van der Waals surface area contributed by atoms with E-state index in [4.69, 9.17) is 29.9 Å². The molecule has 0 unspecified atom stereocenters. The highest BCUT2D eigenvalue weighted by Gasteiger charge is 2.16. The molecule has 2 aromatic heterocycles. The van der Waals surface area contributed by atoms with Gasteiger partial charge < -0.3 is 0 Å². The Morgan fingerprint density at radius 2 is 0.481 bits per heavy atom. The Labute approximate surface area is 311 Å². The molecule has 10 aromatic rings. The molecular formula is C48H30N6. The van der Waals surface area contributed by atoms with E-state index in [2.05, 4.69) is 60.7 Å². The lowest BCUT2D eigenvalue weighted by Crippen LogP contribution is -2.00. The molecule has 0 fully saturated rings. The molecule has 0 radical (unpaired) electrons. The minimum atomic E-state index is 0.620. The van der Waals surface area contributed by atoms with Gasteiger partial charge in [-0.05, 0) is 44.5 Å². The lowest BCUT2D eigenvalue weighted by molar-refractivity contribution is 1.07. The summed E-state index contributed by atoms with van der Waals surface area (Å²) in [7, 11) is 0. The van der Waals surface area contributed by atoms with E-state index in [9.17, 15) is 0 Å². The largest absolute Gasteiger partial charge is 0.208 e. The first-order valence-corrected chi connectivity index (χ1v) is 17.9. The van der Waals surface area contributed by atoms with Crippen molar-refractivity contribution >= 4 is 32.3 Å². The van der Waals surface area contributed by atoms with Gasteiger partial charge in [0, 0.05) is 33.4 Å². The van der Waals surface area contributed by atoms with Gasteiger partial charge in [-0.3, -0.25) is 0 Å². The Kier molecular flexibility index (Phi) is 7.69. The normalized spacial score (nSPS) is 11.3. The predicted molar refractivity (Wildman–Crippen MR) is 218 cm³/mol. The second kappa shape index (κ2) is 13.3. The quantitative estimate of drug-likeness (QED) is 0.162. The highest BCUT2D eigenvalue weighted by molar-refractivity contribution is 6.21. The summed E-state index contributed by atoms with van der Waals surface area (Å²) in [4.78, 5) is 29.9. The summed E-state index contributed by atoms with van der Waals surface area (Å²) < 4.78 is 0. The van der Waals surface area contributed by atoms with E-state index in [0.29, 0.717) is 34.9 Å². The molecule has 2 heterocycles. The molecule has 6 nitrogen and oxygen atoms in total. The Balaban J connectivity index is 1.17. The maximum Gasteiger partial charge on any atom is 0.164 e. The van der Waals surface area contributed by atoms with Gasteiger partial charge in [0.05, 0.1) is 0 Å². The first-order chi connectivity index (χ1) is 26.7. The van der Waals surface area contributed by atoms with Crippen LogP contribution in [0.1, 0.15) is 0 Å². The van der Waals surface area contributed by atoms with E-state index in [1.807, 2.05) is 121 Å². The fourth-order valence-electron chi connectivity index (χ4n) is 7.03. The molecule has 0 saturated carbocycles. The Morgan fingerprint density at radius 3 is 0.796 bits per heavy atom. The summed E-state index contributed by atoms with van der Waals surface area (Å²) in [6.07, 6.45) is 0. The summed E-state index contributed by atoms with van der Waals surface area (Å²) in [6.45, 7) is 0. The summed E-state index contributed by atoms with van der Waals surface area (Å²) in [5, 5.41) is 6.77. The van der Waals surface area contributed by atoms with Crippen molar-refractivity contribution in [3.8, 4) is 68.3 Å². The van der Waals surface area contributed by atoms with Gasteiger partial charge in [0.25, 0.3) is 0 Å². The standard InChI is InChI=1S/C48H30N6/c1-5-13-34(14-6-1)43-49-44(35-15-7-2-8-16-35)52-47(51-43)38-27-23-31-21-25-33-26-22-32-24-28-39(30-41(32)42(33)40(31)29-38)48-53-45(36-17-9-3-10-18-36)50-46(54-48)37-19-11-4-12-20-37/h1-30H. The van der Waals surface area contributed by atoms with Crippen LogP contribution in [0.4, 0.5) is 0 Å². The van der Waals surface area contributed by atoms with Gasteiger partial charge in [-0.2, -0.15) is 0 Å². The molecular weight excluding hydrogens is 661 g/mol. The van der Waals surface area contributed by atoms with Crippen molar-refractivity contribution in [1.82, 2.24) is 29.9 Å².